The van der Waals surface area contributed by atoms with Gasteiger partial charge >= 0.3 is 0 Å². The minimum absolute atomic E-state index is 0.331. The Labute approximate surface area is 141 Å². The van der Waals surface area contributed by atoms with Crippen molar-refractivity contribution in [1.82, 2.24) is 19.9 Å². The maximum atomic E-state index is 10.3. The van der Waals surface area contributed by atoms with Crippen LogP contribution in [0.4, 0.5) is 0 Å². The van der Waals surface area contributed by atoms with Gasteiger partial charge in [-0.25, -0.2) is 4.68 Å². The smallest absolute Gasteiger partial charge is 0.113 e. The van der Waals surface area contributed by atoms with Crippen molar-refractivity contribution in [2.24, 2.45) is 0 Å². The van der Waals surface area contributed by atoms with E-state index in [9.17, 15) is 5.11 Å². The van der Waals surface area contributed by atoms with Crippen LogP contribution in [0.2, 0.25) is 0 Å². The molecule has 0 spiro atoms. The van der Waals surface area contributed by atoms with Crippen molar-refractivity contribution in [3.8, 4) is 11.3 Å². The van der Waals surface area contributed by atoms with Gasteiger partial charge in [-0.3, -0.25) is 4.90 Å². The minimum Gasteiger partial charge on any atom is -0.387 e. The summed E-state index contributed by atoms with van der Waals surface area (Å²) in [6.07, 6.45) is 1.56. The van der Waals surface area contributed by atoms with Crippen LogP contribution >= 0.6 is 0 Å². The molecule has 1 atom stereocenters. The Morgan fingerprint density at radius 2 is 1.67 bits per heavy atom. The number of benzene rings is 2. The van der Waals surface area contributed by atoms with Crippen LogP contribution in [0.3, 0.4) is 0 Å². The summed E-state index contributed by atoms with van der Waals surface area (Å²) in [5.74, 6) is 0. The summed E-state index contributed by atoms with van der Waals surface area (Å²) in [4.78, 5) is 2.24. The zero-order chi connectivity index (χ0) is 16.4. The van der Waals surface area contributed by atoms with Gasteiger partial charge in [0.2, 0.25) is 0 Å². The molecule has 2 aromatic carbocycles. The SMILES string of the molecule is O[C@@H](CN1CC(n2cc(-c3ccccc3)nn2)C1)c1ccccc1. The number of aliphatic hydroxyl groups excluding tert-OH is 1. The van der Waals surface area contributed by atoms with E-state index in [2.05, 4.69) is 15.2 Å². The number of rotatable bonds is 5. The summed E-state index contributed by atoms with van der Waals surface area (Å²) >= 11 is 0. The van der Waals surface area contributed by atoms with E-state index in [1.54, 1.807) is 0 Å². The number of nitrogens with zero attached hydrogens (tertiary/aromatic N) is 4. The normalized spacial score (nSPS) is 16.7. The van der Waals surface area contributed by atoms with Gasteiger partial charge in [0.15, 0.2) is 0 Å². The van der Waals surface area contributed by atoms with E-state index in [4.69, 9.17) is 0 Å². The number of aromatic nitrogens is 3. The Morgan fingerprint density at radius 1 is 1.00 bits per heavy atom. The van der Waals surface area contributed by atoms with Crippen LogP contribution in [-0.2, 0) is 0 Å². The van der Waals surface area contributed by atoms with Crippen LogP contribution in [0.5, 0.6) is 0 Å². The third kappa shape index (κ3) is 3.09. The predicted molar refractivity (Wildman–Crippen MR) is 92.3 cm³/mol. The van der Waals surface area contributed by atoms with Gasteiger partial charge in [0.05, 0.1) is 18.3 Å². The molecule has 0 saturated carbocycles. The Balaban J connectivity index is 1.34. The number of aliphatic hydroxyl groups is 1. The molecule has 2 heterocycles. The lowest BCUT2D eigenvalue weighted by Gasteiger charge is -2.39. The average molecular weight is 320 g/mol. The number of likely N-dealkylation sites (tertiary alicyclic amines) is 1. The third-order valence-corrected chi connectivity index (χ3v) is 4.51. The lowest BCUT2D eigenvalue weighted by atomic mass is 10.0. The van der Waals surface area contributed by atoms with Crippen molar-refractivity contribution >= 4 is 0 Å². The molecule has 3 aromatic rings. The maximum absolute atomic E-state index is 10.3. The monoisotopic (exact) mass is 320 g/mol. The van der Waals surface area contributed by atoms with Crippen molar-refractivity contribution in [1.29, 1.82) is 0 Å². The summed E-state index contributed by atoms with van der Waals surface area (Å²) in [6, 6.07) is 20.2. The van der Waals surface area contributed by atoms with E-state index in [0.29, 0.717) is 12.6 Å². The molecule has 1 aliphatic rings. The molecule has 0 aliphatic carbocycles. The summed E-state index contributed by atoms with van der Waals surface area (Å²) in [6.45, 7) is 2.43. The number of β-amino-alcohol motifs (C(OH)–C–C–N with tert-alkyl or cyclic N) is 1. The van der Waals surface area contributed by atoms with Gasteiger partial charge in [-0.2, -0.15) is 0 Å². The molecule has 1 saturated heterocycles. The van der Waals surface area contributed by atoms with E-state index in [1.807, 2.05) is 71.5 Å². The molecule has 1 aliphatic heterocycles. The summed E-state index contributed by atoms with van der Waals surface area (Å²) in [5.41, 5.74) is 2.95. The zero-order valence-electron chi connectivity index (χ0n) is 13.4. The molecule has 0 unspecified atom stereocenters. The van der Waals surface area contributed by atoms with Gasteiger partial charge in [0.25, 0.3) is 0 Å². The van der Waals surface area contributed by atoms with Crippen LogP contribution in [0.25, 0.3) is 11.3 Å². The molecule has 0 amide bonds. The van der Waals surface area contributed by atoms with Crippen molar-refractivity contribution < 1.29 is 5.11 Å². The van der Waals surface area contributed by atoms with Crippen LogP contribution in [-0.4, -0.2) is 44.6 Å². The molecule has 4 rings (SSSR count). The zero-order valence-corrected chi connectivity index (χ0v) is 13.4. The van der Waals surface area contributed by atoms with Crippen molar-refractivity contribution in [2.45, 2.75) is 12.1 Å². The van der Waals surface area contributed by atoms with Gasteiger partial charge in [0, 0.05) is 25.2 Å². The molecular formula is C19H20N4O. The van der Waals surface area contributed by atoms with Gasteiger partial charge in [-0.15, -0.1) is 5.10 Å². The van der Waals surface area contributed by atoms with Gasteiger partial charge < -0.3 is 5.11 Å². The second-order valence-corrected chi connectivity index (χ2v) is 6.25. The lowest BCUT2D eigenvalue weighted by Crippen LogP contribution is -2.49. The second-order valence-electron chi connectivity index (χ2n) is 6.25. The maximum Gasteiger partial charge on any atom is 0.113 e. The highest BCUT2D eigenvalue weighted by molar-refractivity contribution is 5.57. The molecule has 5 heteroatoms. The van der Waals surface area contributed by atoms with Crippen molar-refractivity contribution in [2.75, 3.05) is 19.6 Å². The highest BCUT2D eigenvalue weighted by atomic mass is 16.3. The summed E-state index contributed by atoms with van der Waals surface area (Å²) in [5, 5.41) is 18.8. The Morgan fingerprint density at radius 3 is 2.38 bits per heavy atom. The molecule has 0 bridgehead atoms. The fraction of sp³-hybridized carbons (Fsp3) is 0.263. The first-order valence-corrected chi connectivity index (χ1v) is 8.22. The Bertz CT molecular complexity index is 781. The molecule has 1 N–H and O–H groups in total. The number of hydrogen-bond acceptors (Lipinski definition) is 4. The van der Waals surface area contributed by atoms with Crippen molar-refractivity contribution in [3.05, 3.63) is 72.4 Å². The molecular weight excluding hydrogens is 300 g/mol. The third-order valence-electron chi connectivity index (χ3n) is 4.51. The van der Waals surface area contributed by atoms with Crippen LogP contribution in [0, 0.1) is 0 Å². The topological polar surface area (TPSA) is 54.2 Å². The molecule has 24 heavy (non-hydrogen) atoms. The van der Waals surface area contributed by atoms with Crippen LogP contribution < -0.4 is 0 Å². The molecule has 0 radical (unpaired) electrons. The van der Waals surface area contributed by atoms with Crippen molar-refractivity contribution in [3.63, 3.8) is 0 Å². The first kappa shape index (κ1) is 15.1. The molecule has 5 nitrogen and oxygen atoms in total. The molecule has 1 fully saturated rings. The molecule has 122 valence electrons. The minimum atomic E-state index is -0.442. The second kappa shape index (κ2) is 6.55. The summed E-state index contributed by atoms with van der Waals surface area (Å²) < 4.78 is 1.94. The van der Waals surface area contributed by atoms with E-state index >= 15 is 0 Å². The Kier molecular flexibility index (Phi) is 4.11. The fourth-order valence-corrected chi connectivity index (χ4v) is 3.08. The Hall–Kier alpha value is -2.50. The standard InChI is InChI=1S/C19H20N4O/c24-19(16-9-5-2-6-10-16)14-22-11-17(12-22)23-13-18(20-21-23)15-7-3-1-4-8-15/h1-10,13,17,19,24H,11-12,14H2/t19-/m0/s1. The van der Waals surface area contributed by atoms with E-state index in [-0.39, 0.29) is 0 Å². The van der Waals surface area contributed by atoms with E-state index in [0.717, 1.165) is 29.9 Å². The average Bonchev–Trinajstić information content (AvgIpc) is 3.08. The summed E-state index contributed by atoms with van der Waals surface area (Å²) in [7, 11) is 0. The first-order chi connectivity index (χ1) is 11.8. The van der Waals surface area contributed by atoms with Crippen LogP contribution in [0.15, 0.2) is 66.9 Å². The lowest BCUT2D eigenvalue weighted by molar-refractivity contribution is 0.0395. The predicted octanol–water partition coefficient (Wildman–Crippen LogP) is 2.54. The fourth-order valence-electron chi connectivity index (χ4n) is 3.08. The highest BCUT2D eigenvalue weighted by Crippen LogP contribution is 2.25. The van der Waals surface area contributed by atoms with Gasteiger partial charge in [0.1, 0.15) is 5.69 Å². The van der Waals surface area contributed by atoms with Gasteiger partial charge in [-0.05, 0) is 5.56 Å². The van der Waals surface area contributed by atoms with Crippen LogP contribution in [0.1, 0.15) is 17.7 Å². The quantitative estimate of drug-likeness (QED) is 0.785. The van der Waals surface area contributed by atoms with E-state index < -0.39 is 6.10 Å². The van der Waals surface area contributed by atoms with E-state index in [1.165, 1.54) is 0 Å². The first-order valence-electron chi connectivity index (χ1n) is 8.22. The highest BCUT2D eigenvalue weighted by Gasteiger charge is 2.30. The van der Waals surface area contributed by atoms with Gasteiger partial charge in [-0.1, -0.05) is 65.9 Å². The molecule has 1 aromatic heterocycles. The number of hydrogen-bond donors (Lipinski definition) is 1. The largest absolute Gasteiger partial charge is 0.387 e.